The molecule has 31 heavy (non-hydrogen) atoms. The van der Waals surface area contributed by atoms with Gasteiger partial charge in [0.15, 0.2) is 23.9 Å². The molecule has 16 heteroatoms. The molecular weight excluding hydrogens is 436 g/mol. The minimum Gasteiger partial charge on any atom is -0.393 e. The predicted octanol–water partition coefficient (Wildman–Crippen LogP) is -6.23. The Hall–Kier alpha value is -2.86. The molecule has 0 aliphatic heterocycles. The SMILES string of the molecule is O=C(CC(O)(CC(=O)OC(=O)C(O)CO)C(=O)OC(=O)C(O)CO)OC(=O)C(O)CO. The highest BCUT2D eigenvalue weighted by molar-refractivity contribution is 5.99. The fraction of sp³-hybridized carbons (Fsp3) is 0.600. The quantitative estimate of drug-likeness (QED) is 0.0865. The van der Waals surface area contributed by atoms with Gasteiger partial charge in [0.05, 0.1) is 32.7 Å². The largest absolute Gasteiger partial charge is 0.393 e. The second-order valence-electron chi connectivity index (χ2n) is 5.78. The van der Waals surface area contributed by atoms with E-state index in [1.54, 1.807) is 0 Å². The summed E-state index contributed by atoms with van der Waals surface area (Å²) in [5.41, 5.74) is -3.35. The Labute approximate surface area is 172 Å². The molecular formula is C15H20O16. The number of aliphatic hydroxyl groups excluding tert-OH is 6. The Morgan fingerprint density at radius 1 is 0.613 bits per heavy atom. The molecule has 0 saturated heterocycles. The highest BCUT2D eigenvalue weighted by Gasteiger charge is 2.46. The molecule has 176 valence electrons. The summed E-state index contributed by atoms with van der Waals surface area (Å²) in [7, 11) is 0. The Morgan fingerprint density at radius 2 is 0.903 bits per heavy atom. The summed E-state index contributed by atoms with van der Waals surface area (Å²) >= 11 is 0. The number of carbonyl (C=O) groups excluding carboxylic acids is 6. The van der Waals surface area contributed by atoms with Gasteiger partial charge in [-0.15, -0.1) is 0 Å². The third-order valence-corrected chi connectivity index (χ3v) is 3.21. The average molecular weight is 456 g/mol. The minimum atomic E-state index is -3.35. The Bertz CT molecular complexity index is 661. The van der Waals surface area contributed by atoms with Crippen molar-refractivity contribution in [3.8, 4) is 0 Å². The Morgan fingerprint density at radius 3 is 1.19 bits per heavy atom. The Kier molecular flexibility index (Phi) is 11.6. The van der Waals surface area contributed by atoms with Crippen molar-refractivity contribution in [1.82, 2.24) is 0 Å². The van der Waals surface area contributed by atoms with Crippen molar-refractivity contribution in [3.05, 3.63) is 0 Å². The molecule has 0 amide bonds. The highest BCUT2D eigenvalue weighted by atomic mass is 16.6. The van der Waals surface area contributed by atoms with Crippen LogP contribution in [0.15, 0.2) is 0 Å². The molecule has 0 aliphatic carbocycles. The number of hydrogen-bond donors (Lipinski definition) is 7. The standard InChI is InChI=1S/C15H20O16/c16-3-6(19)11(24)29-9(22)1-15(28,14(27)31-13(26)8(21)5-18)2-10(23)30-12(25)7(20)4-17/h6-8,16-21,28H,1-5H2. The van der Waals surface area contributed by atoms with Crippen molar-refractivity contribution in [1.29, 1.82) is 0 Å². The van der Waals surface area contributed by atoms with E-state index in [1.165, 1.54) is 0 Å². The molecule has 0 heterocycles. The highest BCUT2D eigenvalue weighted by Crippen LogP contribution is 2.21. The second kappa shape index (κ2) is 12.7. The number of hydrogen-bond acceptors (Lipinski definition) is 16. The molecule has 3 unspecified atom stereocenters. The topological polar surface area (TPSA) is 272 Å². The summed E-state index contributed by atoms with van der Waals surface area (Å²) in [5, 5.41) is 63.3. The summed E-state index contributed by atoms with van der Waals surface area (Å²) in [5.74, 6) is -10.9. The lowest BCUT2D eigenvalue weighted by Crippen LogP contribution is -2.47. The molecule has 0 saturated carbocycles. The number of aliphatic hydroxyl groups is 7. The molecule has 0 rings (SSSR count). The molecule has 0 aliphatic rings. The van der Waals surface area contributed by atoms with Gasteiger partial charge in [-0.3, -0.25) is 9.59 Å². The van der Waals surface area contributed by atoms with Gasteiger partial charge in [-0.05, 0) is 0 Å². The summed E-state index contributed by atoms with van der Waals surface area (Å²) < 4.78 is 12.1. The molecule has 3 atom stereocenters. The smallest absolute Gasteiger partial charge is 0.347 e. The van der Waals surface area contributed by atoms with Crippen LogP contribution in [0.4, 0.5) is 0 Å². The van der Waals surface area contributed by atoms with E-state index in [4.69, 9.17) is 30.6 Å². The number of ether oxygens (including phenoxy) is 3. The lowest BCUT2D eigenvalue weighted by Gasteiger charge is -2.23. The van der Waals surface area contributed by atoms with Crippen LogP contribution in [-0.4, -0.2) is 115 Å². The van der Waals surface area contributed by atoms with Crippen LogP contribution in [0.5, 0.6) is 0 Å². The molecule has 7 N–H and O–H groups in total. The first-order chi connectivity index (χ1) is 14.3. The summed E-state index contributed by atoms with van der Waals surface area (Å²) in [6.07, 6.45) is -9.82. The van der Waals surface area contributed by atoms with Crippen LogP contribution < -0.4 is 0 Å². The fourth-order valence-corrected chi connectivity index (χ4v) is 1.59. The maximum absolute atomic E-state index is 12.1. The van der Waals surface area contributed by atoms with E-state index in [2.05, 4.69) is 14.2 Å². The molecule has 0 spiro atoms. The van der Waals surface area contributed by atoms with Crippen LogP contribution in [0.2, 0.25) is 0 Å². The molecule has 0 radical (unpaired) electrons. The van der Waals surface area contributed by atoms with Crippen LogP contribution in [0.3, 0.4) is 0 Å². The third-order valence-electron chi connectivity index (χ3n) is 3.21. The zero-order valence-electron chi connectivity index (χ0n) is 15.6. The lowest BCUT2D eigenvalue weighted by molar-refractivity contribution is -0.189. The third kappa shape index (κ3) is 9.22. The lowest BCUT2D eigenvalue weighted by atomic mass is 9.95. The first-order valence-corrected chi connectivity index (χ1v) is 8.15. The molecule has 0 bridgehead atoms. The summed E-state index contributed by atoms with van der Waals surface area (Å²) in [4.78, 5) is 69.5. The average Bonchev–Trinajstić information content (AvgIpc) is 2.70. The van der Waals surface area contributed by atoms with Gasteiger partial charge in [-0.2, -0.15) is 0 Å². The van der Waals surface area contributed by atoms with Gasteiger partial charge in [0, 0.05) is 0 Å². The maximum Gasteiger partial charge on any atom is 0.347 e. The molecule has 0 aromatic rings. The molecule has 0 aromatic heterocycles. The van der Waals surface area contributed by atoms with Crippen LogP contribution in [-0.2, 0) is 43.0 Å². The van der Waals surface area contributed by atoms with Gasteiger partial charge in [0.25, 0.3) is 0 Å². The summed E-state index contributed by atoms with van der Waals surface area (Å²) in [6, 6.07) is 0. The normalized spacial score (nSPS) is 15.6. The van der Waals surface area contributed by atoms with Gasteiger partial charge >= 0.3 is 35.8 Å². The van der Waals surface area contributed by atoms with Gasteiger partial charge in [0.1, 0.15) is 0 Å². The zero-order valence-corrected chi connectivity index (χ0v) is 15.6. The second-order valence-corrected chi connectivity index (χ2v) is 5.78. The monoisotopic (exact) mass is 456 g/mol. The number of carbonyl (C=O) groups is 6. The Balaban J connectivity index is 5.53. The maximum atomic E-state index is 12.1. The van der Waals surface area contributed by atoms with Crippen LogP contribution in [0.25, 0.3) is 0 Å². The van der Waals surface area contributed by atoms with E-state index in [-0.39, 0.29) is 0 Å². The molecule has 0 aromatic carbocycles. The van der Waals surface area contributed by atoms with Gasteiger partial charge in [0.2, 0.25) is 0 Å². The van der Waals surface area contributed by atoms with Crippen molar-refractivity contribution in [3.63, 3.8) is 0 Å². The van der Waals surface area contributed by atoms with E-state index in [0.29, 0.717) is 0 Å². The first-order valence-electron chi connectivity index (χ1n) is 8.15. The van der Waals surface area contributed by atoms with Crippen molar-refractivity contribution >= 4 is 35.8 Å². The summed E-state index contributed by atoms with van der Waals surface area (Å²) in [6.45, 7) is -3.53. The van der Waals surface area contributed by atoms with E-state index >= 15 is 0 Å². The first kappa shape index (κ1) is 28.1. The molecule has 16 nitrogen and oxygen atoms in total. The minimum absolute atomic E-state index is 1.16. The van der Waals surface area contributed by atoms with Crippen LogP contribution in [0.1, 0.15) is 12.8 Å². The van der Waals surface area contributed by atoms with Crippen molar-refractivity contribution in [2.45, 2.75) is 36.8 Å². The van der Waals surface area contributed by atoms with E-state index < -0.39 is 92.4 Å². The van der Waals surface area contributed by atoms with Crippen molar-refractivity contribution in [2.24, 2.45) is 0 Å². The van der Waals surface area contributed by atoms with Crippen LogP contribution >= 0.6 is 0 Å². The van der Waals surface area contributed by atoms with Crippen molar-refractivity contribution < 1.29 is 78.7 Å². The zero-order chi connectivity index (χ0) is 24.4. The van der Waals surface area contributed by atoms with Crippen LogP contribution in [0, 0.1) is 0 Å². The van der Waals surface area contributed by atoms with Crippen molar-refractivity contribution in [2.75, 3.05) is 19.8 Å². The fourth-order valence-electron chi connectivity index (χ4n) is 1.59. The van der Waals surface area contributed by atoms with Gasteiger partial charge in [-0.25, -0.2) is 19.2 Å². The van der Waals surface area contributed by atoms with E-state index in [0.717, 1.165) is 0 Å². The number of rotatable bonds is 11. The van der Waals surface area contributed by atoms with E-state index in [1.807, 2.05) is 0 Å². The van der Waals surface area contributed by atoms with E-state index in [9.17, 15) is 33.9 Å². The number of esters is 6. The predicted molar refractivity (Wildman–Crippen MR) is 86.8 cm³/mol. The molecule has 0 fully saturated rings. The van der Waals surface area contributed by atoms with Gasteiger partial charge in [-0.1, -0.05) is 0 Å². The van der Waals surface area contributed by atoms with Gasteiger partial charge < -0.3 is 50.0 Å².